The fourth-order valence-electron chi connectivity index (χ4n) is 2.23. The molecule has 1 atom stereocenters. The standard InChI is InChI=1S/C13H25NO/c1-11(2)5-3-7-13(15)9-12-6-4-8-14-10-12/h11-12,14H,3-10H2,1-2H3. The van der Waals surface area contributed by atoms with Gasteiger partial charge in [-0.05, 0) is 44.2 Å². The molecule has 0 spiro atoms. The Bertz CT molecular complexity index is 183. The van der Waals surface area contributed by atoms with Crippen molar-refractivity contribution >= 4 is 5.78 Å². The Morgan fingerprint density at radius 2 is 2.27 bits per heavy atom. The molecule has 15 heavy (non-hydrogen) atoms. The van der Waals surface area contributed by atoms with E-state index >= 15 is 0 Å². The summed E-state index contributed by atoms with van der Waals surface area (Å²) in [6.07, 6.45) is 6.36. The summed E-state index contributed by atoms with van der Waals surface area (Å²) in [5, 5.41) is 3.36. The predicted octanol–water partition coefficient (Wildman–Crippen LogP) is 2.77. The lowest BCUT2D eigenvalue weighted by Gasteiger charge is -2.21. The second kappa shape index (κ2) is 7.00. The van der Waals surface area contributed by atoms with Crippen molar-refractivity contribution in [3.63, 3.8) is 0 Å². The van der Waals surface area contributed by atoms with E-state index in [-0.39, 0.29) is 0 Å². The van der Waals surface area contributed by atoms with Crippen LogP contribution in [0.15, 0.2) is 0 Å². The maximum absolute atomic E-state index is 11.7. The molecule has 1 saturated heterocycles. The zero-order valence-corrected chi connectivity index (χ0v) is 10.2. The van der Waals surface area contributed by atoms with E-state index in [1.807, 2.05) is 0 Å². The molecule has 0 aliphatic carbocycles. The van der Waals surface area contributed by atoms with E-state index < -0.39 is 0 Å². The van der Waals surface area contributed by atoms with Crippen LogP contribution < -0.4 is 5.32 Å². The van der Waals surface area contributed by atoms with Gasteiger partial charge in [0.2, 0.25) is 0 Å². The van der Waals surface area contributed by atoms with Gasteiger partial charge in [0.1, 0.15) is 5.78 Å². The maximum Gasteiger partial charge on any atom is 0.133 e. The van der Waals surface area contributed by atoms with Crippen molar-refractivity contribution in [2.75, 3.05) is 13.1 Å². The number of carbonyl (C=O) groups is 1. The molecule has 0 radical (unpaired) electrons. The second-order valence-corrected chi connectivity index (χ2v) is 5.24. The highest BCUT2D eigenvalue weighted by Crippen LogP contribution is 2.16. The topological polar surface area (TPSA) is 29.1 Å². The van der Waals surface area contributed by atoms with Crippen LogP contribution in [0, 0.1) is 11.8 Å². The normalized spacial score (nSPS) is 21.9. The summed E-state index contributed by atoms with van der Waals surface area (Å²) in [7, 11) is 0. The van der Waals surface area contributed by atoms with Crippen LogP contribution in [0.1, 0.15) is 52.4 Å². The first-order chi connectivity index (χ1) is 7.18. The van der Waals surface area contributed by atoms with E-state index in [1.165, 1.54) is 19.3 Å². The van der Waals surface area contributed by atoms with Crippen molar-refractivity contribution in [1.82, 2.24) is 5.32 Å². The number of hydrogen-bond acceptors (Lipinski definition) is 2. The maximum atomic E-state index is 11.7. The highest BCUT2D eigenvalue weighted by Gasteiger charge is 2.16. The van der Waals surface area contributed by atoms with E-state index in [0.717, 1.165) is 38.3 Å². The number of piperidine rings is 1. The molecule has 1 fully saturated rings. The van der Waals surface area contributed by atoms with Gasteiger partial charge >= 0.3 is 0 Å². The van der Waals surface area contributed by atoms with E-state index in [0.29, 0.717) is 11.7 Å². The molecule has 88 valence electrons. The number of rotatable bonds is 6. The van der Waals surface area contributed by atoms with Crippen LogP contribution in [0.4, 0.5) is 0 Å². The Hall–Kier alpha value is -0.370. The molecule has 1 aliphatic heterocycles. The number of hydrogen-bond donors (Lipinski definition) is 1. The SMILES string of the molecule is CC(C)CCCC(=O)CC1CCCNC1. The molecule has 0 aromatic carbocycles. The van der Waals surface area contributed by atoms with Gasteiger partial charge in [-0.25, -0.2) is 0 Å². The molecule has 0 saturated carbocycles. The largest absolute Gasteiger partial charge is 0.316 e. The number of Topliss-reactive ketones (excluding diaryl/α,β-unsaturated/α-hetero) is 1. The molecule has 1 rings (SSSR count). The molecule has 1 unspecified atom stereocenters. The average molecular weight is 211 g/mol. The van der Waals surface area contributed by atoms with E-state index in [2.05, 4.69) is 19.2 Å². The predicted molar refractivity (Wildman–Crippen MR) is 63.9 cm³/mol. The van der Waals surface area contributed by atoms with Crippen molar-refractivity contribution in [2.24, 2.45) is 11.8 Å². The number of carbonyl (C=O) groups excluding carboxylic acids is 1. The fraction of sp³-hybridized carbons (Fsp3) is 0.923. The Balaban J connectivity index is 2.06. The molecule has 0 aromatic rings. The molecule has 0 bridgehead atoms. The van der Waals surface area contributed by atoms with E-state index in [9.17, 15) is 4.79 Å². The minimum atomic E-state index is 0.476. The van der Waals surface area contributed by atoms with Crippen LogP contribution in [0.3, 0.4) is 0 Å². The highest BCUT2D eigenvalue weighted by molar-refractivity contribution is 5.78. The smallest absolute Gasteiger partial charge is 0.133 e. The summed E-state index contributed by atoms with van der Waals surface area (Å²) in [5.41, 5.74) is 0. The summed E-state index contributed by atoms with van der Waals surface area (Å²) < 4.78 is 0. The molecular weight excluding hydrogens is 186 g/mol. The summed E-state index contributed by atoms with van der Waals surface area (Å²) in [6.45, 7) is 6.62. The van der Waals surface area contributed by atoms with Gasteiger partial charge in [0, 0.05) is 12.8 Å². The lowest BCUT2D eigenvalue weighted by molar-refractivity contribution is -0.120. The third-order valence-corrected chi connectivity index (χ3v) is 3.15. The van der Waals surface area contributed by atoms with Crippen molar-refractivity contribution in [1.29, 1.82) is 0 Å². The van der Waals surface area contributed by atoms with Gasteiger partial charge in [-0.3, -0.25) is 4.79 Å². The van der Waals surface area contributed by atoms with Gasteiger partial charge in [-0.1, -0.05) is 20.3 Å². The van der Waals surface area contributed by atoms with Gasteiger partial charge < -0.3 is 5.32 Å². The van der Waals surface area contributed by atoms with Crippen molar-refractivity contribution in [2.45, 2.75) is 52.4 Å². The van der Waals surface area contributed by atoms with Crippen molar-refractivity contribution < 1.29 is 4.79 Å². The molecule has 1 aliphatic rings. The summed E-state index contributed by atoms with van der Waals surface area (Å²) in [5.74, 6) is 1.82. The third-order valence-electron chi connectivity index (χ3n) is 3.15. The monoisotopic (exact) mass is 211 g/mol. The molecule has 1 heterocycles. The lowest BCUT2D eigenvalue weighted by atomic mass is 9.92. The Labute approximate surface area is 93.8 Å². The average Bonchev–Trinajstić information content (AvgIpc) is 2.18. The van der Waals surface area contributed by atoms with Gasteiger partial charge in [-0.2, -0.15) is 0 Å². The van der Waals surface area contributed by atoms with Gasteiger partial charge in [0.25, 0.3) is 0 Å². The van der Waals surface area contributed by atoms with Gasteiger partial charge in [0.05, 0.1) is 0 Å². The minimum absolute atomic E-state index is 0.476. The zero-order chi connectivity index (χ0) is 11.1. The van der Waals surface area contributed by atoms with Gasteiger partial charge in [-0.15, -0.1) is 0 Å². The minimum Gasteiger partial charge on any atom is -0.316 e. The number of ketones is 1. The van der Waals surface area contributed by atoms with Crippen LogP contribution in [-0.4, -0.2) is 18.9 Å². The van der Waals surface area contributed by atoms with Crippen LogP contribution in [-0.2, 0) is 4.79 Å². The zero-order valence-electron chi connectivity index (χ0n) is 10.2. The molecule has 2 nitrogen and oxygen atoms in total. The van der Waals surface area contributed by atoms with Crippen LogP contribution in [0.5, 0.6) is 0 Å². The quantitative estimate of drug-likeness (QED) is 0.732. The number of nitrogens with one attached hydrogen (secondary N) is 1. The first-order valence-corrected chi connectivity index (χ1v) is 6.41. The van der Waals surface area contributed by atoms with Crippen LogP contribution in [0.25, 0.3) is 0 Å². The Kier molecular flexibility index (Phi) is 5.92. The first-order valence-electron chi connectivity index (χ1n) is 6.41. The lowest BCUT2D eigenvalue weighted by Crippen LogP contribution is -2.31. The molecule has 0 amide bonds. The Morgan fingerprint density at radius 1 is 1.47 bits per heavy atom. The summed E-state index contributed by atoms with van der Waals surface area (Å²) in [6, 6.07) is 0. The third kappa shape index (κ3) is 5.93. The molecule has 0 aromatic heterocycles. The highest BCUT2D eigenvalue weighted by atomic mass is 16.1. The summed E-state index contributed by atoms with van der Waals surface area (Å²) in [4.78, 5) is 11.7. The Morgan fingerprint density at radius 3 is 2.87 bits per heavy atom. The molecule has 1 N–H and O–H groups in total. The molecular formula is C13H25NO. The van der Waals surface area contributed by atoms with E-state index in [1.54, 1.807) is 0 Å². The fourth-order valence-corrected chi connectivity index (χ4v) is 2.23. The van der Waals surface area contributed by atoms with Crippen LogP contribution in [0.2, 0.25) is 0 Å². The van der Waals surface area contributed by atoms with Crippen molar-refractivity contribution in [3.8, 4) is 0 Å². The molecule has 2 heteroatoms. The van der Waals surface area contributed by atoms with Gasteiger partial charge in [0.15, 0.2) is 0 Å². The van der Waals surface area contributed by atoms with Crippen molar-refractivity contribution in [3.05, 3.63) is 0 Å². The van der Waals surface area contributed by atoms with E-state index in [4.69, 9.17) is 0 Å². The second-order valence-electron chi connectivity index (χ2n) is 5.24. The van der Waals surface area contributed by atoms with Crippen LogP contribution >= 0.6 is 0 Å². The first kappa shape index (κ1) is 12.7. The summed E-state index contributed by atoms with van der Waals surface area (Å²) >= 11 is 0.